The first-order valence-electron chi connectivity index (χ1n) is 4.63. The van der Waals surface area contributed by atoms with Crippen molar-refractivity contribution in [2.75, 3.05) is 19.6 Å². The molecule has 0 aliphatic carbocycles. The zero-order valence-electron chi connectivity index (χ0n) is 8.12. The summed E-state index contributed by atoms with van der Waals surface area (Å²) < 4.78 is 0. The number of rotatable bonds is 2. The number of amides is 1. The van der Waals surface area contributed by atoms with Crippen LogP contribution in [-0.2, 0) is 9.59 Å². The van der Waals surface area contributed by atoms with E-state index in [1.807, 2.05) is 6.92 Å². The summed E-state index contributed by atoms with van der Waals surface area (Å²) in [6, 6.07) is 0.198. The number of hydrogen-bond acceptors (Lipinski definition) is 3. The highest BCUT2D eigenvalue weighted by Gasteiger charge is 2.26. The van der Waals surface area contributed by atoms with E-state index in [-0.39, 0.29) is 11.9 Å². The summed E-state index contributed by atoms with van der Waals surface area (Å²) in [5.41, 5.74) is 0. The van der Waals surface area contributed by atoms with Gasteiger partial charge in [0, 0.05) is 25.7 Å². The van der Waals surface area contributed by atoms with E-state index < -0.39 is 5.92 Å². The van der Waals surface area contributed by atoms with Crippen molar-refractivity contribution in [2.45, 2.75) is 19.9 Å². The van der Waals surface area contributed by atoms with Gasteiger partial charge in [0.15, 0.2) is 0 Å². The molecule has 4 nitrogen and oxygen atoms in total. The Balaban J connectivity index is 2.58. The quantitative estimate of drug-likeness (QED) is 0.471. The molecule has 4 heteroatoms. The summed E-state index contributed by atoms with van der Waals surface area (Å²) in [4.78, 5) is 23.8. The predicted molar refractivity (Wildman–Crippen MR) is 49.3 cm³/mol. The van der Waals surface area contributed by atoms with Crippen molar-refractivity contribution in [2.24, 2.45) is 5.92 Å². The molecule has 1 amide bonds. The van der Waals surface area contributed by atoms with Gasteiger partial charge in [-0.3, -0.25) is 4.79 Å². The third-order valence-electron chi connectivity index (χ3n) is 2.38. The van der Waals surface area contributed by atoms with Crippen molar-refractivity contribution in [1.82, 2.24) is 10.2 Å². The third kappa shape index (κ3) is 2.28. The maximum atomic E-state index is 11.6. The number of carbonyl (C=O) groups excluding carboxylic acids is 2. The maximum absolute atomic E-state index is 11.6. The third-order valence-corrected chi connectivity index (χ3v) is 2.38. The molecule has 0 aromatic heterocycles. The minimum absolute atomic E-state index is 0.0519. The lowest BCUT2D eigenvalue weighted by Gasteiger charge is -2.34. The van der Waals surface area contributed by atoms with Gasteiger partial charge in [-0.1, -0.05) is 0 Å². The van der Waals surface area contributed by atoms with Gasteiger partial charge in [-0.2, -0.15) is 0 Å². The first-order valence-corrected chi connectivity index (χ1v) is 4.63. The second-order valence-electron chi connectivity index (χ2n) is 3.51. The standard InChI is InChI=1S/C9H16N2O2/c1-7(6-12)9(13)11-4-3-10-5-8(11)2/h6-8,10H,3-5H2,1-2H3. The number of hydrogen-bond donors (Lipinski definition) is 1. The van der Waals surface area contributed by atoms with Gasteiger partial charge in [0.2, 0.25) is 5.91 Å². The van der Waals surface area contributed by atoms with Crippen LogP contribution in [0.4, 0.5) is 0 Å². The van der Waals surface area contributed by atoms with Gasteiger partial charge in [0.1, 0.15) is 6.29 Å². The topological polar surface area (TPSA) is 49.4 Å². The molecule has 1 aliphatic rings. The highest BCUT2D eigenvalue weighted by molar-refractivity contribution is 5.91. The Morgan fingerprint density at radius 1 is 1.69 bits per heavy atom. The number of piperazine rings is 1. The molecule has 0 saturated carbocycles. The molecule has 1 fully saturated rings. The first kappa shape index (κ1) is 10.2. The molecule has 0 aromatic rings. The second kappa shape index (κ2) is 4.37. The van der Waals surface area contributed by atoms with Gasteiger partial charge in [-0.15, -0.1) is 0 Å². The van der Waals surface area contributed by atoms with Crippen LogP contribution in [0.15, 0.2) is 0 Å². The zero-order valence-corrected chi connectivity index (χ0v) is 8.12. The van der Waals surface area contributed by atoms with E-state index in [0.717, 1.165) is 13.1 Å². The minimum Gasteiger partial charge on any atom is -0.337 e. The second-order valence-corrected chi connectivity index (χ2v) is 3.51. The molecule has 2 unspecified atom stereocenters. The Bertz CT molecular complexity index is 206. The Hall–Kier alpha value is -0.900. The molecule has 0 radical (unpaired) electrons. The van der Waals surface area contributed by atoms with Crippen LogP contribution in [0.2, 0.25) is 0 Å². The molecule has 74 valence electrons. The molecular weight excluding hydrogens is 168 g/mol. The average molecular weight is 184 g/mol. The largest absolute Gasteiger partial charge is 0.337 e. The van der Waals surface area contributed by atoms with Crippen molar-refractivity contribution in [1.29, 1.82) is 0 Å². The molecule has 2 atom stereocenters. The minimum atomic E-state index is -0.499. The van der Waals surface area contributed by atoms with Gasteiger partial charge in [-0.05, 0) is 13.8 Å². The van der Waals surface area contributed by atoms with Gasteiger partial charge in [0.05, 0.1) is 5.92 Å². The summed E-state index contributed by atoms with van der Waals surface area (Å²) in [6.07, 6.45) is 0.705. The van der Waals surface area contributed by atoms with Gasteiger partial charge in [-0.25, -0.2) is 0 Å². The molecule has 1 saturated heterocycles. The number of nitrogens with zero attached hydrogens (tertiary/aromatic N) is 1. The SMILES string of the molecule is CC(C=O)C(=O)N1CCNCC1C. The van der Waals surface area contributed by atoms with E-state index in [0.29, 0.717) is 12.8 Å². The van der Waals surface area contributed by atoms with E-state index in [4.69, 9.17) is 0 Å². The summed E-state index contributed by atoms with van der Waals surface area (Å²) in [5.74, 6) is -0.551. The number of nitrogens with one attached hydrogen (secondary N) is 1. The molecule has 1 rings (SSSR count). The normalized spacial score (nSPS) is 25.4. The van der Waals surface area contributed by atoms with Gasteiger partial charge >= 0.3 is 0 Å². The fourth-order valence-corrected chi connectivity index (χ4v) is 1.49. The van der Waals surface area contributed by atoms with Crippen LogP contribution in [-0.4, -0.2) is 42.8 Å². The van der Waals surface area contributed by atoms with Crippen molar-refractivity contribution in [3.05, 3.63) is 0 Å². The van der Waals surface area contributed by atoms with Crippen LogP contribution in [0.1, 0.15) is 13.8 Å². The molecular formula is C9H16N2O2. The van der Waals surface area contributed by atoms with E-state index in [1.165, 1.54) is 0 Å². The van der Waals surface area contributed by atoms with Crippen molar-refractivity contribution < 1.29 is 9.59 Å². The van der Waals surface area contributed by atoms with Crippen molar-refractivity contribution in [3.8, 4) is 0 Å². The van der Waals surface area contributed by atoms with Crippen LogP contribution in [0.5, 0.6) is 0 Å². The van der Waals surface area contributed by atoms with Crippen LogP contribution in [0, 0.1) is 5.92 Å². The lowest BCUT2D eigenvalue weighted by Crippen LogP contribution is -2.53. The Labute approximate surface area is 78.3 Å². The average Bonchev–Trinajstić information content (AvgIpc) is 2.16. The predicted octanol–water partition coefficient (Wildman–Crippen LogP) is -0.358. The van der Waals surface area contributed by atoms with E-state index in [1.54, 1.807) is 11.8 Å². The lowest BCUT2D eigenvalue weighted by molar-refractivity contribution is -0.139. The fraction of sp³-hybridized carbons (Fsp3) is 0.778. The molecule has 0 aromatic carbocycles. The highest BCUT2D eigenvalue weighted by Crippen LogP contribution is 2.07. The van der Waals surface area contributed by atoms with E-state index in [9.17, 15) is 9.59 Å². The highest BCUT2D eigenvalue weighted by atomic mass is 16.2. The number of carbonyl (C=O) groups is 2. The molecule has 0 spiro atoms. The molecule has 0 bridgehead atoms. The van der Waals surface area contributed by atoms with Crippen LogP contribution in [0.25, 0.3) is 0 Å². The van der Waals surface area contributed by atoms with Crippen LogP contribution >= 0.6 is 0 Å². The van der Waals surface area contributed by atoms with Gasteiger partial charge < -0.3 is 15.0 Å². The summed E-state index contributed by atoms with van der Waals surface area (Å²) in [7, 11) is 0. The molecule has 1 N–H and O–H groups in total. The van der Waals surface area contributed by atoms with Crippen LogP contribution < -0.4 is 5.32 Å². The van der Waals surface area contributed by atoms with E-state index in [2.05, 4.69) is 5.32 Å². The molecule has 13 heavy (non-hydrogen) atoms. The molecule has 1 aliphatic heterocycles. The summed E-state index contributed by atoms with van der Waals surface area (Å²) >= 11 is 0. The Kier molecular flexibility index (Phi) is 3.42. The Morgan fingerprint density at radius 2 is 2.38 bits per heavy atom. The van der Waals surface area contributed by atoms with Gasteiger partial charge in [0.25, 0.3) is 0 Å². The monoisotopic (exact) mass is 184 g/mol. The fourth-order valence-electron chi connectivity index (χ4n) is 1.49. The molecule has 1 heterocycles. The summed E-state index contributed by atoms with van der Waals surface area (Å²) in [5, 5.41) is 3.19. The number of aldehydes is 1. The van der Waals surface area contributed by atoms with Crippen molar-refractivity contribution >= 4 is 12.2 Å². The van der Waals surface area contributed by atoms with E-state index >= 15 is 0 Å². The summed E-state index contributed by atoms with van der Waals surface area (Å²) in [6.45, 7) is 5.98. The smallest absolute Gasteiger partial charge is 0.232 e. The van der Waals surface area contributed by atoms with Crippen LogP contribution in [0.3, 0.4) is 0 Å². The van der Waals surface area contributed by atoms with Crippen molar-refractivity contribution in [3.63, 3.8) is 0 Å². The first-order chi connectivity index (χ1) is 6.16. The maximum Gasteiger partial charge on any atom is 0.232 e. The Morgan fingerprint density at radius 3 is 2.92 bits per heavy atom. The zero-order chi connectivity index (χ0) is 9.84. The lowest BCUT2D eigenvalue weighted by atomic mass is 10.1.